The summed E-state index contributed by atoms with van der Waals surface area (Å²) in [5.41, 5.74) is 4.03. The van der Waals surface area contributed by atoms with E-state index in [1.165, 1.54) is 18.3 Å². The van der Waals surface area contributed by atoms with Crippen molar-refractivity contribution in [3.8, 4) is 11.3 Å². The van der Waals surface area contributed by atoms with E-state index in [4.69, 9.17) is 11.6 Å². The van der Waals surface area contributed by atoms with Crippen molar-refractivity contribution < 1.29 is 9.18 Å². The maximum Gasteiger partial charge on any atom is 0.262 e. The third kappa shape index (κ3) is 4.03. The topological polar surface area (TPSA) is 94.9 Å². The number of hydrogen-bond donors (Lipinski definition) is 1. The highest BCUT2D eigenvalue weighted by Crippen LogP contribution is 2.24. The van der Waals surface area contributed by atoms with Gasteiger partial charge >= 0.3 is 0 Å². The number of amides is 1. The van der Waals surface area contributed by atoms with Crippen molar-refractivity contribution in [1.29, 1.82) is 0 Å². The highest BCUT2D eigenvalue weighted by Gasteiger charge is 2.19. The van der Waals surface area contributed by atoms with Gasteiger partial charge in [0.15, 0.2) is 11.5 Å². The number of halogens is 2. The van der Waals surface area contributed by atoms with Crippen molar-refractivity contribution >= 4 is 29.0 Å². The molecule has 0 saturated heterocycles. The standard InChI is InChI=1S/C23H20ClFN8O/c1-3-31-13-18(14(2)29-31)20-6-8-26-22-17(11-27-33(20)22)23(34)28-21-7-9-32(30-21)12-15-4-5-16(25)10-19(15)24/h4-11,13H,3,12H2,1-2H3,(H,28,30,34). The van der Waals surface area contributed by atoms with E-state index in [0.717, 1.165) is 23.5 Å². The molecule has 0 spiro atoms. The van der Waals surface area contributed by atoms with Gasteiger partial charge in [-0.3, -0.25) is 14.2 Å². The zero-order chi connectivity index (χ0) is 23.8. The van der Waals surface area contributed by atoms with Crippen LogP contribution in [0, 0.1) is 12.7 Å². The van der Waals surface area contributed by atoms with Crippen LogP contribution in [0.5, 0.6) is 0 Å². The molecule has 0 aliphatic rings. The Hall–Kier alpha value is -4.05. The summed E-state index contributed by atoms with van der Waals surface area (Å²) in [6.07, 6.45) is 6.78. The molecule has 11 heteroatoms. The Morgan fingerprint density at radius 1 is 1.18 bits per heavy atom. The molecule has 5 aromatic rings. The molecule has 0 bridgehead atoms. The Bertz CT molecular complexity index is 1520. The summed E-state index contributed by atoms with van der Waals surface area (Å²) in [5.74, 6) is -0.425. The fourth-order valence-corrected chi connectivity index (χ4v) is 3.94. The molecule has 0 unspecified atom stereocenters. The summed E-state index contributed by atoms with van der Waals surface area (Å²) in [5, 5.41) is 16.3. The van der Waals surface area contributed by atoms with Crippen LogP contribution < -0.4 is 5.32 Å². The molecule has 0 saturated carbocycles. The summed E-state index contributed by atoms with van der Waals surface area (Å²) >= 11 is 6.10. The number of nitrogens with one attached hydrogen (secondary N) is 1. The number of nitrogens with zero attached hydrogens (tertiary/aromatic N) is 7. The van der Waals surface area contributed by atoms with E-state index in [2.05, 4.69) is 25.6 Å². The molecule has 0 aliphatic heterocycles. The fraction of sp³-hybridized carbons (Fsp3) is 0.174. The van der Waals surface area contributed by atoms with Crippen LogP contribution in [0.2, 0.25) is 5.02 Å². The third-order valence-electron chi connectivity index (χ3n) is 5.42. The number of anilines is 1. The van der Waals surface area contributed by atoms with E-state index in [1.807, 2.05) is 30.8 Å². The van der Waals surface area contributed by atoms with Gasteiger partial charge in [-0.05, 0) is 37.6 Å². The summed E-state index contributed by atoms with van der Waals surface area (Å²) in [6, 6.07) is 7.71. The molecule has 0 aliphatic carbocycles. The minimum Gasteiger partial charge on any atom is -0.305 e. The quantitative estimate of drug-likeness (QED) is 0.394. The smallest absolute Gasteiger partial charge is 0.262 e. The first-order valence-electron chi connectivity index (χ1n) is 10.6. The molecule has 0 atom stereocenters. The minimum absolute atomic E-state index is 0.314. The first-order chi connectivity index (χ1) is 16.4. The van der Waals surface area contributed by atoms with Crippen LogP contribution in [-0.4, -0.2) is 40.1 Å². The Morgan fingerprint density at radius 3 is 2.79 bits per heavy atom. The van der Waals surface area contributed by atoms with Crippen LogP contribution in [0.1, 0.15) is 28.5 Å². The predicted molar refractivity (Wildman–Crippen MR) is 125 cm³/mol. The van der Waals surface area contributed by atoms with E-state index >= 15 is 0 Å². The SMILES string of the molecule is CCn1cc(-c2ccnc3c(C(=O)Nc4ccn(Cc5ccc(F)cc5Cl)n4)cnn23)c(C)n1. The number of rotatable bonds is 6. The Labute approximate surface area is 198 Å². The summed E-state index contributed by atoms with van der Waals surface area (Å²) in [7, 11) is 0. The Morgan fingerprint density at radius 2 is 2.03 bits per heavy atom. The number of carbonyl (C=O) groups is 1. The average molecular weight is 479 g/mol. The normalized spacial score (nSPS) is 11.3. The van der Waals surface area contributed by atoms with Crippen LogP contribution in [0.4, 0.5) is 10.2 Å². The van der Waals surface area contributed by atoms with Crippen molar-refractivity contribution in [3.05, 3.63) is 82.8 Å². The predicted octanol–water partition coefficient (Wildman–Crippen LogP) is 4.21. The second-order valence-corrected chi connectivity index (χ2v) is 8.10. The molecule has 1 N–H and O–H groups in total. The number of fused-ring (bicyclic) bond motifs is 1. The van der Waals surface area contributed by atoms with Gasteiger partial charge < -0.3 is 5.32 Å². The van der Waals surface area contributed by atoms with Crippen molar-refractivity contribution in [2.75, 3.05) is 5.32 Å². The molecule has 1 amide bonds. The monoisotopic (exact) mass is 478 g/mol. The van der Waals surface area contributed by atoms with Crippen molar-refractivity contribution in [2.45, 2.75) is 26.9 Å². The van der Waals surface area contributed by atoms with Crippen LogP contribution in [0.3, 0.4) is 0 Å². The van der Waals surface area contributed by atoms with Gasteiger partial charge in [0.25, 0.3) is 5.91 Å². The lowest BCUT2D eigenvalue weighted by molar-refractivity contribution is 0.102. The van der Waals surface area contributed by atoms with Crippen LogP contribution in [0.15, 0.2) is 55.1 Å². The number of benzene rings is 1. The number of aryl methyl sites for hydroxylation is 2. The maximum absolute atomic E-state index is 13.3. The summed E-state index contributed by atoms with van der Waals surface area (Å²) in [4.78, 5) is 17.3. The van der Waals surface area contributed by atoms with Crippen LogP contribution >= 0.6 is 11.6 Å². The molecule has 4 heterocycles. The van der Waals surface area contributed by atoms with Crippen molar-refractivity contribution in [1.82, 2.24) is 34.2 Å². The van der Waals surface area contributed by atoms with Gasteiger partial charge in [-0.15, -0.1) is 0 Å². The fourth-order valence-electron chi connectivity index (χ4n) is 3.71. The second-order valence-electron chi connectivity index (χ2n) is 7.70. The lowest BCUT2D eigenvalue weighted by Crippen LogP contribution is -2.13. The van der Waals surface area contributed by atoms with E-state index < -0.39 is 5.82 Å². The first kappa shape index (κ1) is 21.8. The molecule has 0 fully saturated rings. The van der Waals surface area contributed by atoms with Gasteiger partial charge in [0, 0.05) is 41.8 Å². The first-order valence-corrected chi connectivity index (χ1v) is 11.0. The van der Waals surface area contributed by atoms with Gasteiger partial charge in [-0.1, -0.05) is 17.7 Å². The molecule has 4 aromatic heterocycles. The maximum atomic E-state index is 13.3. The molecule has 34 heavy (non-hydrogen) atoms. The van der Waals surface area contributed by atoms with Crippen molar-refractivity contribution in [2.24, 2.45) is 0 Å². The zero-order valence-corrected chi connectivity index (χ0v) is 19.2. The summed E-state index contributed by atoms with van der Waals surface area (Å²) in [6.45, 7) is 5.04. The van der Waals surface area contributed by atoms with Gasteiger partial charge in [-0.2, -0.15) is 15.3 Å². The zero-order valence-electron chi connectivity index (χ0n) is 18.4. The number of aromatic nitrogens is 7. The Kier molecular flexibility index (Phi) is 5.58. The summed E-state index contributed by atoms with van der Waals surface area (Å²) < 4.78 is 18.4. The lowest BCUT2D eigenvalue weighted by Gasteiger charge is -2.05. The number of carbonyl (C=O) groups excluding carboxylic acids is 1. The molecular formula is C23H20ClFN8O. The molecule has 172 valence electrons. The van der Waals surface area contributed by atoms with Gasteiger partial charge in [0.2, 0.25) is 0 Å². The van der Waals surface area contributed by atoms with Gasteiger partial charge in [0.05, 0.1) is 24.1 Å². The Balaban J connectivity index is 1.38. The molecular weight excluding hydrogens is 459 g/mol. The second kappa shape index (κ2) is 8.71. The largest absolute Gasteiger partial charge is 0.305 e. The van der Waals surface area contributed by atoms with E-state index in [0.29, 0.717) is 34.2 Å². The molecule has 1 aromatic carbocycles. The molecule has 0 radical (unpaired) electrons. The third-order valence-corrected chi connectivity index (χ3v) is 5.77. The highest BCUT2D eigenvalue weighted by atomic mass is 35.5. The molecule has 9 nitrogen and oxygen atoms in total. The highest BCUT2D eigenvalue weighted by molar-refractivity contribution is 6.31. The van der Waals surface area contributed by atoms with Crippen LogP contribution in [-0.2, 0) is 13.1 Å². The van der Waals surface area contributed by atoms with Crippen molar-refractivity contribution in [3.63, 3.8) is 0 Å². The minimum atomic E-state index is -0.401. The molecule has 5 rings (SSSR count). The van der Waals surface area contributed by atoms with E-state index in [9.17, 15) is 9.18 Å². The van der Waals surface area contributed by atoms with E-state index in [1.54, 1.807) is 33.7 Å². The van der Waals surface area contributed by atoms with Gasteiger partial charge in [-0.25, -0.2) is 13.9 Å². The lowest BCUT2D eigenvalue weighted by atomic mass is 10.2. The number of hydrogen-bond acceptors (Lipinski definition) is 5. The van der Waals surface area contributed by atoms with E-state index in [-0.39, 0.29) is 5.91 Å². The average Bonchev–Trinajstić information content (AvgIpc) is 3.53. The van der Waals surface area contributed by atoms with Gasteiger partial charge in [0.1, 0.15) is 11.4 Å². The van der Waals surface area contributed by atoms with Crippen LogP contribution in [0.25, 0.3) is 16.9 Å².